The number of hydrogen-bond donors (Lipinski definition) is 3. The Kier molecular flexibility index (Phi) is 10.6. The van der Waals surface area contributed by atoms with Gasteiger partial charge < -0.3 is 35.2 Å². The Labute approximate surface area is 302 Å². The van der Waals surface area contributed by atoms with Gasteiger partial charge in [0.15, 0.2) is 0 Å². The van der Waals surface area contributed by atoms with E-state index in [9.17, 15) is 4.79 Å². The smallest absolute Gasteiger partial charge is 0.253 e. The fourth-order valence-corrected chi connectivity index (χ4v) is 8.35. The van der Waals surface area contributed by atoms with Gasteiger partial charge in [-0.2, -0.15) is 4.98 Å². The normalized spacial score (nSPS) is 19.0. The van der Waals surface area contributed by atoms with E-state index in [1.165, 1.54) is 0 Å². The van der Waals surface area contributed by atoms with Gasteiger partial charge in [0.1, 0.15) is 17.7 Å². The lowest BCUT2D eigenvalue weighted by Gasteiger charge is -2.43. The summed E-state index contributed by atoms with van der Waals surface area (Å²) in [6, 6.07) is 8.47. The predicted molar refractivity (Wildman–Crippen MR) is 205 cm³/mol. The van der Waals surface area contributed by atoms with Gasteiger partial charge >= 0.3 is 0 Å². The van der Waals surface area contributed by atoms with E-state index in [0.29, 0.717) is 52.4 Å². The second kappa shape index (κ2) is 15.3. The van der Waals surface area contributed by atoms with Crippen molar-refractivity contribution in [2.75, 3.05) is 94.2 Å². The number of benzene rings is 2. The van der Waals surface area contributed by atoms with Crippen LogP contribution in [-0.2, 0) is 9.53 Å². The first kappa shape index (κ1) is 34.8. The molecule has 5 heterocycles. The number of methoxy groups -OCH3 is 1. The fraction of sp³-hybridized carbons (Fsp3) is 0.457. The minimum atomic E-state index is -0.513. The average Bonchev–Trinajstić information content (AvgIpc) is 3.09. The molecule has 1 atom stereocenters. The van der Waals surface area contributed by atoms with E-state index in [-0.39, 0.29) is 5.91 Å². The van der Waals surface area contributed by atoms with Crippen LogP contribution in [0.1, 0.15) is 19.3 Å². The molecule has 264 valence electrons. The minimum Gasteiger partial charge on any atom is -0.494 e. The van der Waals surface area contributed by atoms with E-state index in [2.05, 4.69) is 81.9 Å². The monoisotopic (exact) mass is 762 g/mol. The van der Waals surface area contributed by atoms with E-state index < -0.39 is 14.0 Å². The highest BCUT2D eigenvalue weighted by Gasteiger charge is 2.31. The van der Waals surface area contributed by atoms with Crippen LogP contribution in [0.25, 0.3) is 11.0 Å². The maximum Gasteiger partial charge on any atom is 0.253 e. The van der Waals surface area contributed by atoms with E-state index in [1.807, 2.05) is 24.3 Å². The number of piperazine rings is 1. The Morgan fingerprint density at radius 2 is 1.72 bits per heavy atom. The first-order valence-electron chi connectivity index (χ1n) is 17.1. The summed E-state index contributed by atoms with van der Waals surface area (Å²) in [6.45, 7) is 11.2. The molecule has 7 rings (SSSR count). The Hall–Kier alpha value is -3.68. The van der Waals surface area contributed by atoms with Gasteiger partial charge in [-0.3, -0.25) is 19.7 Å². The van der Waals surface area contributed by atoms with Crippen LogP contribution in [0.5, 0.6) is 5.75 Å². The third-order valence-corrected chi connectivity index (χ3v) is 11.7. The Morgan fingerprint density at radius 1 is 0.960 bits per heavy atom. The van der Waals surface area contributed by atoms with Crippen molar-refractivity contribution in [1.29, 1.82) is 0 Å². The van der Waals surface area contributed by atoms with Crippen LogP contribution in [0.3, 0.4) is 0 Å². The van der Waals surface area contributed by atoms with Crippen molar-refractivity contribution in [3.8, 4) is 5.75 Å². The van der Waals surface area contributed by atoms with E-state index in [0.717, 1.165) is 79.8 Å². The molecule has 3 N–H and O–H groups in total. The summed E-state index contributed by atoms with van der Waals surface area (Å²) in [4.78, 5) is 39.1. The molecule has 0 bridgehead atoms. The number of ether oxygens (including phenoxy) is 2. The van der Waals surface area contributed by atoms with E-state index in [4.69, 9.17) is 14.5 Å². The molecule has 15 heteroatoms. The Bertz CT molecular complexity index is 1850. The number of carbonyl (C=O) groups excluding carboxylic acids is 1. The number of carbonyl (C=O) groups is 1. The van der Waals surface area contributed by atoms with Crippen molar-refractivity contribution < 1.29 is 14.3 Å². The number of nitrogens with one attached hydrogen (secondary N) is 3. The number of rotatable bonds is 10. The molecule has 0 saturated carbocycles. The van der Waals surface area contributed by atoms with Crippen molar-refractivity contribution in [3.05, 3.63) is 47.3 Å². The summed E-state index contributed by atoms with van der Waals surface area (Å²) in [5.74, 6) is 1.44. The molecule has 3 aliphatic heterocycles. The molecule has 0 radical (unpaired) electrons. The first-order chi connectivity index (χ1) is 24.3. The molecule has 50 heavy (non-hydrogen) atoms. The SMILES string of the molecule is COc1cc(N2CCC(N3CCN(C)CC3)CC2)c(NC(=O)C2CCO2)cc1Nc1ncc(Br)c(Nc2ccc3nccnc3c2P(C)C)n1. The molecule has 0 aliphatic carbocycles. The zero-order valence-corrected chi connectivity index (χ0v) is 31.4. The highest BCUT2D eigenvalue weighted by Crippen LogP contribution is 2.40. The van der Waals surface area contributed by atoms with Gasteiger partial charge in [0.05, 0.1) is 46.3 Å². The summed E-state index contributed by atoms with van der Waals surface area (Å²) in [7, 11) is 3.33. The number of aromatic nitrogens is 4. The molecular weight excluding hydrogens is 719 g/mol. The van der Waals surface area contributed by atoms with Crippen LogP contribution in [0.4, 0.5) is 34.5 Å². The molecule has 0 spiro atoms. The molecule has 3 saturated heterocycles. The van der Waals surface area contributed by atoms with Gasteiger partial charge in [-0.05, 0) is 67.3 Å². The van der Waals surface area contributed by atoms with E-state index in [1.54, 1.807) is 25.7 Å². The Morgan fingerprint density at radius 3 is 2.42 bits per heavy atom. The molecule has 1 unspecified atom stereocenters. The second-order valence-electron chi connectivity index (χ2n) is 13.2. The quantitative estimate of drug-likeness (QED) is 0.188. The Balaban J connectivity index is 1.15. The van der Waals surface area contributed by atoms with Gasteiger partial charge in [-0.15, -0.1) is 0 Å². The van der Waals surface area contributed by atoms with Crippen LogP contribution in [0.15, 0.2) is 47.3 Å². The predicted octanol–water partition coefficient (Wildman–Crippen LogP) is 4.99. The van der Waals surface area contributed by atoms with Crippen molar-refractivity contribution in [2.24, 2.45) is 0 Å². The molecular formula is C35H44BrN10O3P. The number of hydrogen-bond acceptors (Lipinski definition) is 12. The lowest BCUT2D eigenvalue weighted by Crippen LogP contribution is -2.52. The third kappa shape index (κ3) is 7.50. The molecule has 2 aromatic heterocycles. The summed E-state index contributed by atoms with van der Waals surface area (Å²) in [5, 5.41) is 11.2. The van der Waals surface area contributed by atoms with Crippen LogP contribution >= 0.6 is 23.9 Å². The molecule has 3 fully saturated rings. The zero-order chi connectivity index (χ0) is 34.8. The van der Waals surface area contributed by atoms with Gasteiger partial charge in [0.25, 0.3) is 5.91 Å². The van der Waals surface area contributed by atoms with Crippen molar-refractivity contribution in [1.82, 2.24) is 29.7 Å². The van der Waals surface area contributed by atoms with Crippen molar-refractivity contribution in [3.63, 3.8) is 0 Å². The largest absolute Gasteiger partial charge is 0.494 e. The first-order valence-corrected chi connectivity index (χ1v) is 20.1. The van der Waals surface area contributed by atoms with Crippen LogP contribution in [0.2, 0.25) is 0 Å². The maximum atomic E-state index is 13.2. The lowest BCUT2D eigenvalue weighted by atomic mass is 10.0. The number of anilines is 6. The highest BCUT2D eigenvalue weighted by molar-refractivity contribution is 9.10. The molecule has 13 nitrogen and oxygen atoms in total. The van der Waals surface area contributed by atoms with Crippen LogP contribution < -0.4 is 30.9 Å². The van der Waals surface area contributed by atoms with Crippen molar-refractivity contribution >= 4 is 80.6 Å². The topological polar surface area (TPSA) is 133 Å². The van der Waals surface area contributed by atoms with Crippen molar-refractivity contribution in [2.45, 2.75) is 31.4 Å². The molecule has 4 aromatic rings. The standard InChI is InChI=1S/C35H44BrN10O3P/c1-44-14-16-45(17-15-44)22-7-12-46(13-8-22)28-20-30(48-2)27(19-26(28)41-34(47)29-9-18-49-29)42-35-39-21-23(36)33(43-35)40-25-6-5-24-31(32(25)50(3)4)38-11-10-37-24/h5-6,10-11,19-22,29H,7-9,12-18H2,1-4H3,(H,41,47)(H2,39,40,42,43). The van der Waals surface area contributed by atoms with Gasteiger partial charge in [0.2, 0.25) is 5.95 Å². The molecule has 1 amide bonds. The van der Waals surface area contributed by atoms with Crippen LogP contribution in [0, 0.1) is 0 Å². The van der Waals surface area contributed by atoms with Gasteiger partial charge in [-0.25, -0.2) is 4.98 Å². The van der Waals surface area contributed by atoms with E-state index >= 15 is 0 Å². The number of likely N-dealkylation sites (N-methyl/N-ethyl adjacent to an activating group) is 1. The highest BCUT2D eigenvalue weighted by atomic mass is 79.9. The number of halogens is 1. The number of fused-ring (bicyclic) bond motifs is 1. The van der Waals surface area contributed by atoms with Crippen LogP contribution in [-0.4, -0.2) is 121 Å². The molecule has 3 aliphatic rings. The number of nitrogens with zero attached hydrogens (tertiary/aromatic N) is 7. The molecule has 2 aromatic carbocycles. The summed E-state index contributed by atoms with van der Waals surface area (Å²) < 4.78 is 12.1. The average molecular weight is 764 g/mol. The van der Waals surface area contributed by atoms with Gasteiger partial charge in [0, 0.05) is 87.4 Å². The number of amides is 1. The lowest BCUT2D eigenvalue weighted by molar-refractivity contribution is -0.139. The summed E-state index contributed by atoms with van der Waals surface area (Å²) in [5.41, 5.74) is 4.92. The minimum absolute atomic E-state index is 0.144. The van der Waals surface area contributed by atoms with Gasteiger partial charge in [-0.1, -0.05) is 7.92 Å². The second-order valence-corrected chi connectivity index (χ2v) is 16.3. The fourth-order valence-electron chi connectivity index (χ4n) is 6.85. The number of piperidine rings is 1. The zero-order valence-electron chi connectivity index (χ0n) is 28.9. The summed E-state index contributed by atoms with van der Waals surface area (Å²) >= 11 is 3.63. The maximum absolute atomic E-state index is 13.2. The third-order valence-electron chi connectivity index (χ3n) is 9.73. The summed E-state index contributed by atoms with van der Waals surface area (Å²) in [6.07, 6.45) is 7.55.